The molecule has 0 aliphatic heterocycles. The normalized spacial score (nSPS) is 18.0. The van der Waals surface area contributed by atoms with Crippen LogP contribution in [0.3, 0.4) is 0 Å². The molecule has 0 aromatic heterocycles. The molecule has 0 N–H and O–H groups in total. The summed E-state index contributed by atoms with van der Waals surface area (Å²) in [5.74, 6) is 0.550. The maximum atomic E-state index is 10.9. The molecule has 0 radical (unpaired) electrons. The SMILES string of the molecule is O=[N+]([O-])c1ccc(Br)c(OCC2(CBr)CCCCCC2)c1. The monoisotopic (exact) mass is 419 g/mol. The molecule has 1 aliphatic rings. The van der Waals surface area contributed by atoms with E-state index in [4.69, 9.17) is 4.74 Å². The molecule has 21 heavy (non-hydrogen) atoms. The highest BCUT2D eigenvalue weighted by Gasteiger charge is 2.31. The van der Waals surface area contributed by atoms with Crippen LogP contribution in [0.4, 0.5) is 5.69 Å². The third kappa shape index (κ3) is 4.42. The molecule has 0 saturated heterocycles. The quantitative estimate of drug-likeness (QED) is 0.274. The molecule has 4 nitrogen and oxygen atoms in total. The van der Waals surface area contributed by atoms with Crippen LogP contribution in [-0.4, -0.2) is 16.9 Å². The number of rotatable bonds is 5. The fourth-order valence-corrected chi connectivity index (χ4v) is 3.83. The van der Waals surface area contributed by atoms with Crippen molar-refractivity contribution < 1.29 is 9.66 Å². The first-order valence-corrected chi connectivity index (χ1v) is 9.10. The van der Waals surface area contributed by atoms with E-state index in [-0.39, 0.29) is 11.1 Å². The van der Waals surface area contributed by atoms with Crippen molar-refractivity contribution in [2.24, 2.45) is 5.41 Å². The highest BCUT2D eigenvalue weighted by molar-refractivity contribution is 9.10. The third-order valence-electron chi connectivity index (χ3n) is 4.11. The van der Waals surface area contributed by atoms with Gasteiger partial charge in [0.15, 0.2) is 0 Å². The summed E-state index contributed by atoms with van der Waals surface area (Å²) < 4.78 is 6.69. The van der Waals surface area contributed by atoms with Crippen molar-refractivity contribution in [1.29, 1.82) is 0 Å². The van der Waals surface area contributed by atoms with Crippen molar-refractivity contribution in [2.75, 3.05) is 11.9 Å². The summed E-state index contributed by atoms with van der Waals surface area (Å²) in [5.41, 5.74) is 0.197. The standard InChI is InChI=1S/C15H19Br2NO3/c16-10-15(7-3-1-2-4-8-15)11-21-14-9-12(18(19)20)5-6-13(14)17/h5-6,9H,1-4,7-8,10-11H2. The molecule has 0 atom stereocenters. The Balaban J connectivity index is 2.10. The lowest BCUT2D eigenvalue weighted by Crippen LogP contribution is -2.30. The minimum Gasteiger partial charge on any atom is -0.492 e. The Hall–Kier alpha value is -0.620. The summed E-state index contributed by atoms with van der Waals surface area (Å²) in [5, 5.41) is 11.8. The number of nitro groups is 1. The van der Waals surface area contributed by atoms with Crippen LogP contribution >= 0.6 is 31.9 Å². The van der Waals surface area contributed by atoms with Gasteiger partial charge in [-0.2, -0.15) is 0 Å². The largest absolute Gasteiger partial charge is 0.492 e. The van der Waals surface area contributed by atoms with E-state index in [1.807, 2.05) is 0 Å². The number of nitro benzene ring substituents is 1. The molecule has 0 amide bonds. The topological polar surface area (TPSA) is 52.4 Å². The summed E-state index contributed by atoms with van der Waals surface area (Å²) in [6.45, 7) is 0.595. The molecule has 1 saturated carbocycles. The zero-order valence-electron chi connectivity index (χ0n) is 11.8. The van der Waals surface area contributed by atoms with Gasteiger partial charge in [0.1, 0.15) is 5.75 Å². The van der Waals surface area contributed by atoms with E-state index in [1.54, 1.807) is 6.07 Å². The van der Waals surface area contributed by atoms with Crippen LogP contribution in [0, 0.1) is 15.5 Å². The predicted molar refractivity (Wildman–Crippen MR) is 90.2 cm³/mol. The number of benzene rings is 1. The summed E-state index contributed by atoms with van der Waals surface area (Å²) in [6, 6.07) is 4.63. The highest BCUT2D eigenvalue weighted by atomic mass is 79.9. The molecule has 1 fully saturated rings. The van der Waals surface area contributed by atoms with Gasteiger partial charge >= 0.3 is 0 Å². The number of hydrogen-bond donors (Lipinski definition) is 0. The molecule has 0 spiro atoms. The van der Waals surface area contributed by atoms with Crippen LogP contribution in [0.5, 0.6) is 5.75 Å². The minimum atomic E-state index is -0.398. The Morgan fingerprint density at radius 2 is 1.90 bits per heavy atom. The second-order valence-corrected chi connectivity index (χ2v) is 7.12. The van der Waals surface area contributed by atoms with Gasteiger partial charge in [-0.25, -0.2) is 0 Å². The molecule has 0 heterocycles. The molecular formula is C15H19Br2NO3. The van der Waals surface area contributed by atoms with E-state index in [0.717, 1.165) is 22.6 Å². The van der Waals surface area contributed by atoms with Crippen LogP contribution < -0.4 is 4.74 Å². The number of nitrogens with zero attached hydrogens (tertiary/aromatic N) is 1. The summed E-state index contributed by atoms with van der Waals surface area (Å²) in [6.07, 6.45) is 7.32. The van der Waals surface area contributed by atoms with Crippen molar-refractivity contribution in [3.8, 4) is 5.75 Å². The second kappa shape index (κ2) is 7.58. The minimum absolute atomic E-state index is 0.0574. The lowest BCUT2D eigenvalue weighted by atomic mass is 9.83. The lowest BCUT2D eigenvalue weighted by Gasteiger charge is -2.30. The Bertz CT molecular complexity index is 500. The fraction of sp³-hybridized carbons (Fsp3) is 0.600. The van der Waals surface area contributed by atoms with Gasteiger partial charge in [0.2, 0.25) is 0 Å². The highest BCUT2D eigenvalue weighted by Crippen LogP contribution is 2.38. The molecule has 1 aromatic rings. The van der Waals surface area contributed by atoms with Gasteiger partial charge in [0, 0.05) is 16.8 Å². The Kier molecular flexibility index (Phi) is 6.05. The maximum absolute atomic E-state index is 10.9. The molecule has 1 aliphatic carbocycles. The van der Waals surface area contributed by atoms with Gasteiger partial charge < -0.3 is 4.74 Å². The van der Waals surface area contributed by atoms with E-state index in [0.29, 0.717) is 12.4 Å². The van der Waals surface area contributed by atoms with E-state index in [2.05, 4.69) is 31.9 Å². The first-order chi connectivity index (χ1) is 10.1. The predicted octanol–water partition coefficient (Wildman–Crippen LogP) is 5.47. The molecule has 0 unspecified atom stereocenters. The van der Waals surface area contributed by atoms with Crippen molar-refractivity contribution in [3.05, 3.63) is 32.8 Å². The fourth-order valence-electron chi connectivity index (χ4n) is 2.74. The van der Waals surface area contributed by atoms with Gasteiger partial charge in [0.25, 0.3) is 5.69 Å². The Labute approximate surface area is 141 Å². The van der Waals surface area contributed by atoms with Crippen molar-refractivity contribution >= 4 is 37.5 Å². The summed E-state index contributed by atoms with van der Waals surface area (Å²) in [7, 11) is 0. The third-order valence-corrected chi connectivity index (χ3v) is 5.95. The second-order valence-electron chi connectivity index (χ2n) is 5.71. The Morgan fingerprint density at radius 1 is 1.24 bits per heavy atom. The van der Waals surface area contributed by atoms with E-state index in [9.17, 15) is 10.1 Å². The van der Waals surface area contributed by atoms with Crippen LogP contribution in [0.1, 0.15) is 38.5 Å². The van der Waals surface area contributed by atoms with Gasteiger partial charge in [-0.3, -0.25) is 10.1 Å². The van der Waals surface area contributed by atoms with Gasteiger partial charge in [-0.15, -0.1) is 0 Å². The first kappa shape index (κ1) is 16.7. The molecule has 2 rings (SSSR count). The number of alkyl halides is 1. The maximum Gasteiger partial charge on any atom is 0.273 e. The molecule has 1 aromatic carbocycles. The smallest absolute Gasteiger partial charge is 0.273 e. The summed E-state index contributed by atoms with van der Waals surface area (Å²) >= 11 is 7.03. The molecule has 0 bridgehead atoms. The van der Waals surface area contributed by atoms with E-state index in [1.165, 1.54) is 37.8 Å². The zero-order chi connectivity index (χ0) is 15.3. The number of hydrogen-bond acceptors (Lipinski definition) is 3. The number of non-ortho nitro benzene ring substituents is 1. The Morgan fingerprint density at radius 3 is 2.48 bits per heavy atom. The zero-order valence-corrected chi connectivity index (χ0v) is 15.0. The van der Waals surface area contributed by atoms with Crippen LogP contribution in [0.25, 0.3) is 0 Å². The average Bonchev–Trinajstić information content (AvgIpc) is 2.72. The van der Waals surface area contributed by atoms with Gasteiger partial charge in [0.05, 0.1) is 22.1 Å². The van der Waals surface area contributed by atoms with Crippen molar-refractivity contribution in [2.45, 2.75) is 38.5 Å². The summed E-state index contributed by atoms with van der Waals surface area (Å²) in [4.78, 5) is 10.5. The molecular weight excluding hydrogens is 402 g/mol. The van der Waals surface area contributed by atoms with E-state index >= 15 is 0 Å². The van der Waals surface area contributed by atoms with Crippen molar-refractivity contribution in [3.63, 3.8) is 0 Å². The van der Waals surface area contributed by atoms with Gasteiger partial charge in [-0.1, -0.05) is 41.6 Å². The van der Waals surface area contributed by atoms with Gasteiger partial charge in [-0.05, 0) is 34.8 Å². The average molecular weight is 421 g/mol. The molecule has 6 heteroatoms. The first-order valence-electron chi connectivity index (χ1n) is 7.19. The van der Waals surface area contributed by atoms with Crippen LogP contribution in [0.2, 0.25) is 0 Å². The number of ether oxygens (including phenoxy) is 1. The van der Waals surface area contributed by atoms with Crippen LogP contribution in [0.15, 0.2) is 22.7 Å². The lowest BCUT2D eigenvalue weighted by molar-refractivity contribution is -0.385. The van der Waals surface area contributed by atoms with Crippen molar-refractivity contribution in [1.82, 2.24) is 0 Å². The number of halogens is 2. The van der Waals surface area contributed by atoms with E-state index < -0.39 is 4.92 Å². The molecule has 116 valence electrons. The van der Waals surface area contributed by atoms with Crippen LogP contribution in [-0.2, 0) is 0 Å².